The number of allylic oxidation sites excluding steroid dienone is 1. The first-order valence-corrected chi connectivity index (χ1v) is 12.3. The third-order valence-corrected chi connectivity index (χ3v) is 7.65. The molecule has 8 heteroatoms. The zero-order chi connectivity index (χ0) is 29.1. The van der Waals surface area contributed by atoms with Gasteiger partial charge in [0.15, 0.2) is 0 Å². The molecule has 0 aliphatic heterocycles. The molecule has 4 aromatic rings. The maximum absolute atomic E-state index is 14.0. The highest BCUT2D eigenvalue weighted by Gasteiger charge is 2.38. The summed E-state index contributed by atoms with van der Waals surface area (Å²) in [4.78, 5) is 0. The molecule has 0 N–H and O–H groups in total. The van der Waals surface area contributed by atoms with Crippen LogP contribution in [0.2, 0.25) is 0 Å². The van der Waals surface area contributed by atoms with Gasteiger partial charge in [-0.1, -0.05) is 42.5 Å². The Labute approximate surface area is 231 Å². The van der Waals surface area contributed by atoms with E-state index in [1.165, 1.54) is 6.07 Å². The maximum atomic E-state index is 14.0. The van der Waals surface area contributed by atoms with E-state index in [2.05, 4.69) is 12.1 Å². The maximum Gasteiger partial charge on any atom is 0.419 e. The van der Waals surface area contributed by atoms with Crippen molar-refractivity contribution in [1.29, 1.82) is 21.0 Å². The lowest BCUT2D eigenvalue weighted by Crippen LogP contribution is -2.08. The van der Waals surface area contributed by atoms with Crippen LogP contribution in [0.4, 0.5) is 17.6 Å². The number of fused-ring (bicyclic) bond motifs is 6. The van der Waals surface area contributed by atoms with Crippen LogP contribution >= 0.6 is 0 Å². The SMILES string of the molecule is N#CC(C#N)=C1c2cc(-c3ccc(F)c(C(F)(F)F)c3)ccc2-c2cc3c(cc21)-c1ccccc1C3C(C#N)C#N. The minimum absolute atomic E-state index is 0.120. The molecule has 0 heterocycles. The van der Waals surface area contributed by atoms with Gasteiger partial charge < -0.3 is 0 Å². The fourth-order valence-electron chi connectivity index (χ4n) is 5.89. The van der Waals surface area contributed by atoms with E-state index in [-0.39, 0.29) is 11.1 Å². The van der Waals surface area contributed by atoms with Gasteiger partial charge in [-0.2, -0.15) is 34.2 Å². The zero-order valence-corrected chi connectivity index (χ0v) is 20.9. The summed E-state index contributed by atoms with van der Waals surface area (Å²) in [5.74, 6) is -2.85. The zero-order valence-electron chi connectivity index (χ0n) is 20.9. The van der Waals surface area contributed by atoms with Gasteiger partial charge in [-0.05, 0) is 86.0 Å². The topological polar surface area (TPSA) is 95.2 Å². The second-order valence-electron chi connectivity index (χ2n) is 9.71. The lowest BCUT2D eigenvalue weighted by Gasteiger charge is -2.15. The molecule has 194 valence electrons. The second-order valence-corrected chi connectivity index (χ2v) is 9.71. The summed E-state index contributed by atoms with van der Waals surface area (Å²) in [6.45, 7) is 0. The highest BCUT2D eigenvalue weighted by molar-refractivity contribution is 6.06. The van der Waals surface area contributed by atoms with Crippen molar-refractivity contribution in [3.8, 4) is 57.7 Å². The van der Waals surface area contributed by atoms with Crippen molar-refractivity contribution < 1.29 is 17.6 Å². The lowest BCUT2D eigenvalue weighted by molar-refractivity contribution is -0.139. The lowest BCUT2D eigenvalue weighted by atomic mass is 9.84. The highest BCUT2D eigenvalue weighted by atomic mass is 19.4. The second kappa shape index (κ2) is 9.20. The Bertz CT molecular complexity index is 1980. The van der Waals surface area contributed by atoms with Crippen LogP contribution in [0.15, 0.2) is 78.4 Å². The Hall–Kier alpha value is -5.70. The monoisotopic (exact) mass is 542 g/mol. The van der Waals surface area contributed by atoms with Crippen LogP contribution in [0, 0.1) is 57.1 Å². The van der Waals surface area contributed by atoms with Crippen molar-refractivity contribution in [2.45, 2.75) is 12.1 Å². The minimum Gasteiger partial charge on any atom is -0.206 e. The van der Waals surface area contributed by atoms with E-state index in [1.807, 2.05) is 48.5 Å². The average molecular weight is 542 g/mol. The third-order valence-electron chi connectivity index (χ3n) is 7.65. The molecule has 0 aromatic heterocycles. The van der Waals surface area contributed by atoms with Gasteiger partial charge in [-0.3, -0.25) is 0 Å². The summed E-state index contributed by atoms with van der Waals surface area (Å²) in [6.07, 6.45) is -4.88. The van der Waals surface area contributed by atoms with E-state index in [0.29, 0.717) is 33.4 Å². The number of alkyl halides is 3. The Kier molecular flexibility index (Phi) is 5.74. The number of hydrogen-bond acceptors (Lipinski definition) is 4. The van der Waals surface area contributed by atoms with E-state index in [1.54, 1.807) is 18.2 Å². The standard InChI is InChI=1S/C33H14F4N4/c34-30-8-6-18(10-29(30)33(35,36)37)17-5-7-22-25-12-27-24(11-28(25)32(26(22)9-17)20(15-40)16-41)21-3-1-2-4-23(21)31(27)19(13-38)14-39/h1-12,19,31H. The van der Waals surface area contributed by atoms with Gasteiger partial charge in [0.05, 0.1) is 17.7 Å². The molecule has 4 aromatic carbocycles. The summed E-state index contributed by atoms with van der Waals surface area (Å²) in [5.41, 5.74) is 4.81. The molecule has 0 bridgehead atoms. The predicted molar refractivity (Wildman–Crippen MR) is 142 cm³/mol. The van der Waals surface area contributed by atoms with E-state index in [0.717, 1.165) is 34.4 Å². The molecule has 1 unspecified atom stereocenters. The van der Waals surface area contributed by atoms with Crippen molar-refractivity contribution in [2.75, 3.05) is 0 Å². The Balaban J connectivity index is 1.60. The molecular weight excluding hydrogens is 528 g/mol. The molecule has 0 radical (unpaired) electrons. The summed E-state index contributed by atoms with van der Waals surface area (Å²) < 4.78 is 54.2. The molecule has 41 heavy (non-hydrogen) atoms. The van der Waals surface area contributed by atoms with Crippen LogP contribution in [0.5, 0.6) is 0 Å². The fourth-order valence-corrected chi connectivity index (χ4v) is 5.89. The van der Waals surface area contributed by atoms with Crippen LogP contribution in [-0.2, 0) is 6.18 Å². The molecule has 0 spiro atoms. The largest absolute Gasteiger partial charge is 0.419 e. The van der Waals surface area contributed by atoms with Gasteiger partial charge in [0.1, 0.15) is 29.4 Å². The predicted octanol–water partition coefficient (Wildman–Crippen LogP) is 8.12. The number of benzene rings is 4. The molecule has 1 atom stereocenters. The molecule has 0 saturated heterocycles. The molecule has 4 nitrogen and oxygen atoms in total. The molecule has 2 aliphatic carbocycles. The van der Waals surface area contributed by atoms with Crippen LogP contribution in [0.3, 0.4) is 0 Å². The van der Waals surface area contributed by atoms with Gasteiger partial charge in [0.2, 0.25) is 0 Å². The van der Waals surface area contributed by atoms with Crippen molar-refractivity contribution in [3.63, 3.8) is 0 Å². The Morgan fingerprint density at radius 1 is 0.659 bits per heavy atom. The molecular formula is C33H14F4N4. The van der Waals surface area contributed by atoms with Crippen molar-refractivity contribution >= 4 is 5.57 Å². The van der Waals surface area contributed by atoms with Gasteiger partial charge in [-0.25, -0.2) is 4.39 Å². The van der Waals surface area contributed by atoms with Gasteiger partial charge in [0, 0.05) is 11.5 Å². The smallest absolute Gasteiger partial charge is 0.206 e. The van der Waals surface area contributed by atoms with Gasteiger partial charge in [0.25, 0.3) is 0 Å². The van der Waals surface area contributed by atoms with E-state index < -0.39 is 29.4 Å². The normalized spacial score (nSPS) is 14.2. The Morgan fingerprint density at radius 2 is 1.32 bits per heavy atom. The average Bonchev–Trinajstić information content (AvgIpc) is 3.45. The summed E-state index contributed by atoms with van der Waals surface area (Å²) in [5, 5.41) is 39.2. The quantitative estimate of drug-likeness (QED) is 0.166. The Morgan fingerprint density at radius 3 is 2.00 bits per heavy atom. The molecule has 0 fully saturated rings. The molecule has 2 aliphatic rings. The van der Waals surface area contributed by atoms with E-state index in [9.17, 15) is 38.6 Å². The number of halogens is 4. The molecule has 0 amide bonds. The summed E-state index contributed by atoms with van der Waals surface area (Å²) >= 11 is 0. The van der Waals surface area contributed by atoms with Crippen LogP contribution in [0.1, 0.15) is 33.7 Å². The van der Waals surface area contributed by atoms with E-state index in [4.69, 9.17) is 0 Å². The van der Waals surface area contributed by atoms with Crippen molar-refractivity contribution in [2.24, 2.45) is 5.92 Å². The minimum atomic E-state index is -4.88. The first-order chi connectivity index (χ1) is 19.7. The van der Waals surface area contributed by atoms with Crippen LogP contribution in [-0.4, -0.2) is 0 Å². The van der Waals surface area contributed by atoms with Crippen LogP contribution in [0.25, 0.3) is 39.0 Å². The number of nitrogens with zero attached hydrogens (tertiary/aromatic N) is 4. The number of nitriles is 4. The van der Waals surface area contributed by atoms with E-state index >= 15 is 0 Å². The van der Waals surface area contributed by atoms with Crippen molar-refractivity contribution in [3.05, 3.63) is 112 Å². The van der Waals surface area contributed by atoms with Crippen LogP contribution < -0.4 is 0 Å². The highest BCUT2D eigenvalue weighted by Crippen LogP contribution is 2.54. The van der Waals surface area contributed by atoms with Gasteiger partial charge >= 0.3 is 6.18 Å². The molecule has 6 rings (SSSR count). The molecule has 0 saturated carbocycles. The summed E-state index contributed by atoms with van der Waals surface area (Å²) in [7, 11) is 0. The number of rotatable bonds is 2. The van der Waals surface area contributed by atoms with Gasteiger partial charge in [-0.15, -0.1) is 0 Å². The summed E-state index contributed by atoms with van der Waals surface area (Å²) in [6, 6.07) is 26.8. The first-order valence-electron chi connectivity index (χ1n) is 12.3. The first kappa shape index (κ1) is 25.6. The van der Waals surface area contributed by atoms with Crippen molar-refractivity contribution in [1.82, 2.24) is 0 Å². The fraction of sp³-hybridized carbons (Fsp3) is 0.0909. The third kappa shape index (κ3) is 3.78. The number of hydrogen-bond donors (Lipinski definition) is 0.